The van der Waals surface area contributed by atoms with E-state index in [1.165, 1.54) is 12.1 Å². The summed E-state index contributed by atoms with van der Waals surface area (Å²) < 4.78 is 20.6. The van der Waals surface area contributed by atoms with E-state index >= 15 is 0 Å². The average Bonchev–Trinajstić information content (AvgIpc) is 2.47. The fourth-order valence-electron chi connectivity index (χ4n) is 2.81. The second-order valence-electron chi connectivity index (χ2n) is 5.16. The quantitative estimate of drug-likeness (QED) is 0.862. The van der Waals surface area contributed by atoms with Gasteiger partial charge in [0.15, 0.2) is 0 Å². The monoisotopic (exact) mass is 349 g/mol. The summed E-state index contributed by atoms with van der Waals surface area (Å²) in [6, 6.07) is 13.0. The fraction of sp³-hybridized carbons (Fsp3) is 0.294. The second-order valence-corrected chi connectivity index (χ2v) is 6.01. The summed E-state index contributed by atoms with van der Waals surface area (Å²) in [4.78, 5) is 0. The van der Waals surface area contributed by atoms with E-state index in [-0.39, 0.29) is 18.0 Å². The van der Waals surface area contributed by atoms with Gasteiger partial charge in [-0.1, -0.05) is 47.1 Å². The molecule has 0 spiro atoms. The van der Waals surface area contributed by atoms with E-state index in [1.807, 2.05) is 30.3 Å². The van der Waals surface area contributed by atoms with Gasteiger partial charge in [0.25, 0.3) is 0 Å². The summed E-state index contributed by atoms with van der Waals surface area (Å²) in [5.74, 6) is 0.365. The summed E-state index contributed by atoms with van der Waals surface area (Å²) >= 11 is 3.57. The van der Waals surface area contributed by atoms with Gasteiger partial charge < -0.3 is 10.1 Å². The van der Waals surface area contributed by atoms with Crippen molar-refractivity contribution in [3.63, 3.8) is 0 Å². The van der Waals surface area contributed by atoms with E-state index in [0.29, 0.717) is 5.75 Å². The lowest BCUT2D eigenvalue weighted by Crippen LogP contribution is -2.29. The molecule has 2 aromatic rings. The average molecular weight is 350 g/mol. The van der Waals surface area contributed by atoms with Crippen molar-refractivity contribution in [3.8, 4) is 5.75 Å². The molecular weight excluding hydrogens is 333 g/mol. The van der Waals surface area contributed by atoms with Crippen LogP contribution in [-0.2, 0) is 0 Å². The molecule has 0 saturated heterocycles. The molecule has 0 aliphatic carbocycles. The molecule has 2 unspecified atom stereocenters. The number of hydrogen-bond acceptors (Lipinski definition) is 2. The van der Waals surface area contributed by atoms with E-state index in [4.69, 9.17) is 4.74 Å². The van der Waals surface area contributed by atoms with Crippen LogP contribution in [0, 0.1) is 5.82 Å². The molecule has 0 saturated carbocycles. The van der Waals surface area contributed by atoms with Crippen LogP contribution >= 0.6 is 15.9 Å². The molecule has 0 fully saturated rings. The molecule has 0 amide bonds. The first kappa shape index (κ1) is 14.5. The van der Waals surface area contributed by atoms with Crippen LogP contribution in [0.1, 0.15) is 36.6 Å². The Morgan fingerprint density at radius 1 is 1.24 bits per heavy atom. The summed E-state index contributed by atoms with van der Waals surface area (Å²) in [5.41, 5.74) is 2.12. The number of nitrogens with one attached hydrogen (secondary N) is 1. The molecule has 4 heteroatoms. The fourth-order valence-corrected chi connectivity index (χ4v) is 3.35. The molecule has 3 rings (SSSR count). The van der Waals surface area contributed by atoms with Crippen LogP contribution in [0.5, 0.6) is 5.75 Å². The van der Waals surface area contributed by atoms with Gasteiger partial charge in [0.1, 0.15) is 17.7 Å². The van der Waals surface area contributed by atoms with E-state index in [2.05, 4.69) is 28.2 Å². The summed E-state index contributed by atoms with van der Waals surface area (Å²) in [6.45, 7) is 2.94. The lowest BCUT2D eigenvalue weighted by molar-refractivity contribution is 0.150. The van der Waals surface area contributed by atoms with Crippen LogP contribution < -0.4 is 10.1 Å². The molecular formula is C17H17BrFNO. The predicted molar refractivity (Wildman–Crippen MR) is 84.9 cm³/mol. The molecule has 1 aliphatic rings. The highest BCUT2D eigenvalue weighted by Crippen LogP contribution is 2.42. The zero-order chi connectivity index (χ0) is 14.8. The van der Waals surface area contributed by atoms with Crippen molar-refractivity contribution in [1.82, 2.24) is 5.32 Å². The van der Waals surface area contributed by atoms with Crippen molar-refractivity contribution in [2.45, 2.75) is 25.5 Å². The molecule has 2 atom stereocenters. The minimum absolute atomic E-state index is 0.0843. The van der Waals surface area contributed by atoms with Gasteiger partial charge in [0.2, 0.25) is 0 Å². The number of halogens is 2. The molecule has 1 heterocycles. The normalized spacial score (nSPS) is 20.7. The van der Waals surface area contributed by atoms with Crippen LogP contribution in [0.2, 0.25) is 0 Å². The van der Waals surface area contributed by atoms with E-state index in [0.717, 1.165) is 28.6 Å². The Labute approximate surface area is 132 Å². The van der Waals surface area contributed by atoms with Crippen LogP contribution in [0.25, 0.3) is 0 Å². The van der Waals surface area contributed by atoms with Gasteiger partial charge in [-0.15, -0.1) is 0 Å². The first-order valence-electron chi connectivity index (χ1n) is 7.13. The molecule has 0 aromatic heterocycles. The Morgan fingerprint density at radius 3 is 2.81 bits per heavy atom. The molecule has 1 aliphatic heterocycles. The molecule has 2 aromatic carbocycles. The van der Waals surface area contributed by atoms with Crippen molar-refractivity contribution in [2.75, 3.05) is 6.54 Å². The highest BCUT2D eigenvalue weighted by molar-refractivity contribution is 9.10. The van der Waals surface area contributed by atoms with Gasteiger partial charge in [-0.25, -0.2) is 4.39 Å². The van der Waals surface area contributed by atoms with E-state index in [1.54, 1.807) is 0 Å². The van der Waals surface area contributed by atoms with Crippen LogP contribution in [0.4, 0.5) is 4.39 Å². The molecule has 1 N–H and O–H groups in total. The highest BCUT2D eigenvalue weighted by atomic mass is 79.9. The summed E-state index contributed by atoms with van der Waals surface area (Å²) in [7, 11) is 0. The van der Waals surface area contributed by atoms with Crippen LogP contribution in [-0.4, -0.2) is 6.54 Å². The van der Waals surface area contributed by atoms with Gasteiger partial charge >= 0.3 is 0 Å². The maximum atomic E-state index is 13.5. The van der Waals surface area contributed by atoms with Crippen LogP contribution in [0.15, 0.2) is 46.9 Å². The van der Waals surface area contributed by atoms with Crippen molar-refractivity contribution in [3.05, 3.63) is 63.9 Å². The number of benzene rings is 2. The van der Waals surface area contributed by atoms with Crippen molar-refractivity contribution < 1.29 is 9.13 Å². The Hall–Kier alpha value is -1.39. The van der Waals surface area contributed by atoms with Crippen molar-refractivity contribution in [2.24, 2.45) is 0 Å². The molecule has 110 valence electrons. The summed E-state index contributed by atoms with van der Waals surface area (Å²) in [6.07, 6.45) is 0.744. The van der Waals surface area contributed by atoms with Crippen LogP contribution in [0.3, 0.4) is 0 Å². The molecule has 0 bridgehead atoms. The van der Waals surface area contributed by atoms with Gasteiger partial charge in [-0.3, -0.25) is 0 Å². The number of rotatable bonds is 3. The maximum absolute atomic E-state index is 13.5. The first-order chi connectivity index (χ1) is 10.2. The Bertz CT molecular complexity index is 646. The minimum atomic E-state index is -0.267. The third kappa shape index (κ3) is 2.97. The third-order valence-electron chi connectivity index (χ3n) is 3.77. The maximum Gasteiger partial charge on any atom is 0.127 e. The predicted octanol–water partition coefficient (Wildman–Crippen LogP) is 4.76. The smallest absolute Gasteiger partial charge is 0.127 e. The van der Waals surface area contributed by atoms with Gasteiger partial charge in [0.05, 0.1) is 0 Å². The standard InChI is InChI=1S/C17H17BrFNO/c1-2-20-15-10-17(12-5-3-4-6-14(12)18)21-16-9-11(19)7-8-13(15)16/h3-9,15,17,20H,2,10H2,1H3. The Kier molecular flexibility index (Phi) is 4.27. The SMILES string of the molecule is CCNC1CC(c2ccccc2Br)Oc2cc(F)ccc21. The van der Waals surface area contributed by atoms with Gasteiger partial charge in [0, 0.05) is 34.1 Å². The first-order valence-corrected chi connectivity index (χ1v) is 7.92. The zero-order valence-electron chi connectivity index (χ0n) is 11.8. The lowest BCUT2D eigenvalue weighted by Gasteiger charge is -2.33. The third-order valence-corrected chi connectivity index (χ3v) is 4.49. The Morgan fingerprint density at radius 2 is 2.05 bits per heavy atom. The largest absolute Gasteiger partial charge is 0.485 e. The molecule has 21 heavy (non-hydrogen) atoms. The minimum Gasteiger partial charge on any atom is -0.485 e. The zero-order valence-corrected chi connectivity index (χ0v) is 13.4. The van der Waals surface area contributed by atoms with Crippen molar-refractivity contribution >= 4 is 15.9 Å². The number of fused-ring (bicyclic) bond motifs is 1. The molecule has 0 radical (unpaired) electrons. The lowest BCUT2D eigenvalue weighted by atomic mass is 9.93. The Balaban J connectivity index is 1.98. The topological polar surface area (TPSA) is 21.3 Å². The van der Waals surface area contributed by atoms with Crippen molar-refractivity contribution in [1.29, 1.82) is 0 Å². The highest BCUT2D eigenvalue weighted by Gasteiger charge is 2.30. The van der Waals surface area contributed by atoms with E-state index in [9.17, 15) is 4.39 Å². The second kappa shape index (κ2) is 6.16. The number of hydrogen-bond donors (Lipinski definition) is 1. The van der Waals surface area contributed by atoms with E-state index < -0.39 is 0 Å². The summed E-state index contributed by atoms with van der Waals surface area (Å²) in [5, 5.41) is 3.46. The molecule has 2 nitrogen and oxygen atoms in total. The number of ether oxygens (including phenoxy) is 1. The van der Waals surface area contributed by atoms with Gasteiger partial charge in [-0.05, 0) is 18.7 Å². The van der Waals surface area contributed by atoms with Gasteiger partial charge in [-0.2, -0.15) is 0 Å².